The quantitative estimate of drug-likeness (QED) is 0.368. The van der Waals surface area contributed by atoms with E-state index in [-0.39, 0.29) is 0 Å². The number of hydrogen-bond donors (Lipinski definition) is 0. The van der Waals surface area contributed by atoms with Gasteiger partial charge in [-0.25, -0.2) is 0 Å². The Morgan fingerprint density at radius 2 is 1.12 bits per heavy atom. The van der Waals surface area contributed by atoms with Crippen molar-refractivity contribution in [3.8, 4) is 0 Å². The van der Waals surface area contributed by atoms with Gasteiger partial charge in [-0.15, -0.1) is 0 Å². The van der Waals surface area contributed by atoms with Crippen LogP contribution in [0.1, 0.15) is 65.2 Å². The summed E-state index contributed by atoms with van der Waals surface area (Å²) in [5.41, 5.74) is 0. The first-order valence-corrected chi connectivity index (χ1v) is 10.2. The minimum absolute atomic E-state index is 0.867. The predicted molar refractivity (Wildman–Crippen MR) is 77.7 cm³/mol. The van der Waals surface area contributed by atoms with Crippen molar-refractivity contribution in [2.24, 2.45) is 0 Å². The van der Waals surface area contributed by atoms with E-state index >= 15 is 0 Å². The van der Waals surface area contributed by atoms with Gasteiger partial charge in [0.15, 0.2) is 0 Å². The second kappa shape index (κ2) is 11.2. The summed E-state index contributed by atoms with van der Waals surface area (Å²) in [5.74, 6) is 0. The molecule has 0 aromatic rings. The molecule has 0 aliphatic carbocycles. The maximum atomic E-state index is 5.90. The monoisotopic (exact) mass is 260 g/mol. The van der Waals surface area contributed by atoms with E-state index in [4.69, 9.17) is 8.85 Å². The van der Waals surface area contributed by atoms with E-state index in [1.165, 1.54) is 44.9 Å². The van der Waals surface area contributed by atoms with Crippen LogP contribution in [0, 0.1) is 0 Å². The number of unbranched alkanes of at least 4 members (excludes halogenated alkanes) is 6. The lowest BCUT2D eigenvalue weighted by Crippen LogP contribution is -2.35. The van der Waals surface area contributed by atoms with Crippen LogP contribution in [0.4, 0.5) is 0 Å². The van der Waals surface area contributed by atoms with Crippen molar-refractivity contribution < 1.29 is 8.85 Å². The average molecular weight is 260 g/mol. The fourth-order valence-corrected chi connectivity index (χ4v) is 3.06. The second-order valence-corrected chi connectivity index (χ2v) is 8.60. The standard InChI is InChI=1S/C14H32O2Si/c1-5-7-9-10-11-12-14-16-17(3,4)15-13-8-6-2/h5-14H2,1-4H3. The molecule has 0 saturated heterocycles. The van der Waals surface area contributed by atoms with Gasteiger partial charge in [0.1, 0.15) is 0 Å². The maximum Gasteiger partial charge on any atom is 0.331 e. The zero-order valence-corrected chi connectivity index (χ0v) is 13.4. The fourth-order valence-electron chi connectivity index (χ4n) is 1.70. The fraction of sp³-hybridized carbons (Fsp3) is 1.00. The van der Waals surface area contributed by atoms with Crippen molar-refractivity contribution in [1.82, 2.24) is 0 Å². The summed E-state index contributed by atoms with van der Waals surface area (Å²) in [4.78, 5) is 0. The molecule has 17 heavy (non-hydrogen) atoms. The molecule has 0 rings (SSSR count). The summed E-state index contributed by atoms with van der Waals surface area (Å²) in [7, 11) is -1.82. The van der Waals surface area contributed by atoms with E-state index in [9.17, 15) is 0 Å². The van der Waals surface area contributed by atoms with Gasteiger partial charge in [0, 0.05) is 13.2 Å². The molecule has 0 spiro atoms. The Morgan fingerprint density at radius 3 is 1.71 bits per heavy atom. The minimum atomic E-state index is -1.82. The molecule has 0 heterocycles. The van der Waals surface area contributed by atoms with Crippen LogP contribution in [-0.4, -0.2) is 21.8 Å². The van der Waals surface area contributed by atoms with Gasteiger partial charge in [0.25, 0.3) is 0 Å². The van der Waals surface area contributed by atoms with Crippen LogP contribution >= 0.6 is 0 Å². The van der Waals surface area contributed by atoms with Gasteiger partial charge in [-0.3, -0.25) is 0 Å². The smallest absolute Gasteiger partial charge is 0.331 e. The van der Waals surface area contributed by atoms with Gasteiger partial charge in [0.2, 0.25) is 0 Å². The third-order valence-electron chi connectivity index (χ3n) is 2.90. The number of rotatable bonds is 12. The first-order chi connectivity index (χ1) is 8.12. The Hall–Kier alpha value is 0.137. The van der Waals surface area contributed by atoms with E-state index in [1.54, 1.807) is 0 Å². The molecule has 0 radical (unpaired) electrons. The molecule has 0 aromatic carbocycles. The summed E-state index contributed by atoms with van der Waals surface area (Å²) in [6.07, 6.45) is 10.3. The highest BCUT2D eigenvalue weighted by atomic mass is 28.4. The van der Waals surface area contributed by atoms with Crippen molar-refractivity contribution in [3.05, 3.63) is 0 Å². The lowest BCUT2D eigenvalue weighted by molar-refractivity contribution is 0.173. The highest BCUT2D eigenvalue weighted by Crippen LogP contribution is 2.10. The zero-order valence-electron chi connectivity index (χ0n) is 12.4. The Labute approximate surface area is 109 Å². The molecule has 0 saturated carbocycles. The summed E-state index contributed by atoms with van der Waals surface area (Å²) in [6.45, 7) is 10.5. The van der Waals surface area contributed by atoms with Crippen LogP contribution in [0.15, 0.2) is 0 Å². The van der Waals surface area contributed by atoms with Crippen molar-refractivity contribution in [2.45, 2.75) is 78.3 Å². The molecule has 0 amide bonds. The molecule has 2 nitrogen and oxygen atoms in total. The van der Waals surface area contributed by atoms with Crippen molar-refractivity contribution >= 4 is 8.56 Å². The molecule has 0 aromatic heterocycles. The molecular weight excluding hydrogens is 228 g/mol. The summed E-state index contributed by atoms with van der Waals surface area (Å²) < 4.78 is 11.7. The van der Waals surface area contributed by atoms with Crippen molar-refractivity contribution in [1.29, 1.82) is 0 Å². The molecular formula is C14H32O2Si. The minimum Gasteiger partial charge on any atom is -0.395 e. The number of hydrogen-bond acceptors (Lipinski definition) is 2. The van der Waals surface area contributed by atoms with E-state index < -0.39 is 8.56 Å². The predicted octanol–water partition coefficient (Wildman–Crippen LogP) is 4.88. The first-order valence-electron chi connectivity index (χ1n) is 7.40. The molecule has 0 fully saturated rings. The largest absolute Gasteiger partial charge is 0.395 e. The van der Waals surface area contributed by atoms with E-state index in [1.807, 2.05) is 0 Å². The van der Waals surface area contributed by atoms with Crippen molar-refractivity contribution in [3.63, 3.8) is 0 Å². The Balaban J connectivity index is 3.32. The van der Waals surface area contributed by atoms with E-state index in [0.29, 0.717) is 0 Å². The molecule has 104 valence electrons. The Morgan fingerprint density at radius 1 is 0.647 bits per heavy atom. The van der Waals surface area contributed by atoms with Crippen LogP contribution in [0.5, 0.6) is 0 Å². The van der Waals surface area contributed by atoms with Gasteiger partial charge in [0.05, 0.1) is 0 Å². The lowest BCUT2D eigenvalue weighted by atomic mass is 10.1. The third kappa shape index (κ3) is 12.4. The lowest BCUT2D eigenvalue weighted by Gasteiger charge is -2.22. The normalized spacial score (nSPS) is 12.0. The molecule has 0 aliphatic rings. The molecule has 0 atom stereocenters. The van der Waals surface area contributed by atoms with Gasteiger partial charge < -0.3 is 8.85 Å². The maximum absolute atomic E-state index is 5.90. The highest BCUT2D eigenvalue weighted by molar-refractivity contribution is 6.64. The summed E-state index contributed by atoms with van der Waals surface area (Å²) in [6, 6.07) is 0. The topological polar surface area (TPSA) is 18.5 Å². The van der Waals surface area contributed by atoms with Crippen LogP contribution in [0.2, 0.25) is 13.1 Å². The van der Waals surface area contributed by atoms with Gasteiger partial charge >= 0.3 is 8.56 Å². The van der Waals surface area contributed by atoms with Crippen LogP contribution in [0.3, 0.4) is 0 Å². The van der Waals surface area contributed by atoms with Gasteiger partial charge in [-0.1, -0.05) is 52.4 Å². The highest BCUT2D eigenvalue weighted by Gasteiger charge is 2.23. The van der Waals surface area contributed by atoms with E-state index in [0.717, 1.165) is 19.6 Å². The van der Waals surface area contributed by atoms with Crippen LogP contribution < -0.4 is 0 Å². The molecule has 0 N–H and O–H groups in total. The second-order valence-electron chi connectivity index (χ2n) is 5.22. The zero-order chi connectivity index (χ0) is 13.0. The first kappa shape index (κ1) is 17.1. The van der Waals surface area contributed by atoms with Crippen LogP contribution in [0.25, 0.3) is 0 Å². The third-order valence-corrected chi connectivity index (χ3v) is 4.69. The van der Waals surface area contributed by atoms with Crippen molar-refractivity contribution in [2.75, 3.05) is 13.2 Å². The SMILES string of the molecule is CCCCCCCCO[Si](C)(C)OCCCC. The molecule has 0 unspecified atom stereocenters. The average Bonchev–Trinajstić information content (AvgIpc) is 2.28. The Kier molecular flexibility index (Phi) is 11.3. The Bertz CT molecular complexity index is 160. The summed E-state index contributed by atoms with van der Waals surface area (Å²) in [5, 5.41) is 0. The van der Waals surface area contributed by atoms with Gasteiger partial charge in [-0.2, -0.15) is 0 Å². The molecule has 3 heteroatoms. The molecule has 0 aliphatic heterocycles. The van der Waals surface area contributed by atoms with E-state index in [2.05, 4.69) is 26.9 Å². The summed E-state index contributed by atoms with van der Waals surface area (Å²) >= 11 is 0. The van der Waals surface area contributed by atoms with Gasteiger partial charge in [-0.05, 0) is 25.9 Å². The van der Waals surface area contributed by atoms with Crippen LogP contribution in [-0.2, 0) is 8.85 Å². The molecule has 0 bridgehead atoms.